The second-order valence-electron chi connectivity index (χ2n) is 17.1. The summed E-state index contributed by atoms with van der Waals surface area (Å²) in [5.41, 5.74) is 18.5. The number of rotatable bonds is 5. The van der Waals surface area contributed by atoms with Crippen LogP contribution in [0.15, 0.2) is 224 Å². The highest BCUT2D eigenvalue weighted by atomic mass is 32.1. The molecule has 14 rings (SSSR count). The zero-order chi connectivity index (χ0) is 41.9. The molecule has 2 aliphatic carbocycles. The van der Waals surface area contributed by atoms with Crippen LogP contribution in [0.4, 0.5) is 17.1 Å². The van der Waals surface area contributed by atoms with E-state index in [0.29, 0.717) is 0 Å². The van der Waals surface area contributed by atoms with E-state index in [2.05, 4.69) is 229 Å². The Labute approximate surface area is 379 Å². The molecule has 0 amide bonds. The standard InChI is InChI=1S/C61H37NS2/c1-2-14-38(15-3-1)39-28-32-41(33-29-39)62(42-34-30-40(31-35-42)43-20-12-21-46-44-16-6-10-26-55(44)63-59(43)46)54-25-13-24-52-57(54)48-18-4-8-22-50(48)61(52)51-23-9-5-19-49(51)58-53(61)37-36-47-45-17-7-11-27-56(45)64-60(47)58/h1-37H. The number of thiophene rings is 2. The largest absolute Gasteiger partial charge is 0.310 e. The Balaban J connectivity index is 0.998. The average molecular weight is 848 g/mol. The third kappa shape index (κ3) is 4.94. The van der Waals surface area contributed by atoms with E-state index >= 15 is 0 Å². The molecule has 0 bridgehead atoms. The Morgan fingerprint density at radius 2 is 0.781 bits per heavy atom. The van der Waals surface area contributed by atoms with Gasteiger partial charge in [0, 0.05) is 62.8 Å². The van der Waals surface area contributed by atoms with E-state index in [4.69, 9.17) is 0 Å². The minimum atomic E-state index is -0.478. The molecule has 0 radical (unpaired) electrons. The van der Waals surface area contributed by atoms with Crippen molar-refractivity contribution in [2.75, 3.05) is 4.90 Å². The van der Waals surface area contributed by atoms with Crippen molar-refractivity contribution in [2.24, 2.45) is 0 Å². The smallest absolute Gasteiger partial charge is 0.0726 e. The lowest BCUT2D eigenvalue weighted by molar-refractivity contribution is 0.794. The van der Waals surface area contributed by atoms with Crippen LogP contribution in [-0.4, -0.2) is 0 Å². The van der Waals surface area contributed by atoms with Crippen LogP contribution in [0.2, 0.25) is 0 Å². The summed E-state index contributed by atoms with van der Waals surface area (Å²) in [6.45, 7) is 0. The van der Waals surface area contributed by atoms with Crippen molar-refractivity contribution in [2.45, 2.75) is 5.41 Å². The number of fused-ring (bicyclic) bond motifs is 17. The van der Waals surface area contributed by atoms with Crippen molar-refractivity contribution < 1.29 is 0 Å². The molecule has 1 unspecified atom stereocenters. The molecule has 0 N–H and O–H groups in total. The number of nitrogens with zero attached hydrogens (tertiary/aromatic N) is 1. The number of hydrogen-bond donors (Lipinski definition) is 0. The third-order valence-electron chi connectivity index (χ3n) is 13.9. The molecule has 1 nitrogen and oxygen atoms in total. The van der Waals surface area contributed by atoms with Gasteiger partial charge in [-0.1, -0.05) is 182 Å². The van der Waals surface area contributed by atoms with Crippen molar-refractivity contribution in [1.29, 1.82) is 0 Å². The maximum Gasteiger partial charge on any atom is 0.0726 e. The Morgan fingerprint density at radius 1 is 0.297 bits per heavy atom. The van der Waals surface area contributed by atoms with Crippen LogP contribution in [0.1, 0.15) is 22.3 Å². The minimum absolute atomic E-state index is 0.478. The van der Waals surface area contributed by atoms with Gasteiger partial charge in [-0.15, -0.1) is 22.7 Å². The van der Waals surface area contributed by atoms with Gasteiger partial charge in [0.15, 0.2) is 0 Å². The Hall–Kier alpha value is -7.56. The third-order valence-corrected chi connectivity index (χ3v) is 16.3. The highest BCUT2D eigenvalue weighted by Gasteiger charge is 2.53. The molecule has 0 saturated carbocycles. The summed E-state index contributed by atoms with van der Waals surface area (Å²) in [5.74, 6) is 0. The molecule has 2 aliphatic rings. The molecule has 64 heavy (non-hydrogen) atoms. The van der Waals surface area contributed by atoms with Crippen LogP contribution in [-0.2, 0) is 5.41 Å². The summed E-state index contributed by atoms with van der Waals surface area (Å²) >= 11 is 3.82. The van der Waals surface area contributed by atoms with Crippen molar-refractivity contribution in [3.8, 4) is 44.5 Å². The number of hydrogen-bond acceptors (Lipinski definition) is 3. The van der Waals surface area contributed by atoms with Crippen LogP contribution in [0.25, 0.3) is 84.9 Å². The van der Waals surface area contributed by atoms with Crippen LogP contribution in [0, 0.1) is 0 Å². The fourth-order valence-corrected chi connectivity index (χ4v) is 13.7. The maximum absolute atomic E-state index is 2.49. The fourth-order valence-electron chi connectivity index (χ4n) is 11.2. The number of anilines is 3. The zero-order valence-corrected chi connectivity index (χ0v) is 36.3. The zero-order valence-electron chi connectivity index (χ0n) is 34.6. The van der Waals surface area contributed by atoms with Gasteiger partial charge in [0.25, 0.3) is 0 Å². The van der Waals surface area contributed by atoms with E-state index < -0.39 is 5.41 Å². The molecule has 0 saturated heterocycles. The summed E-state index contributed by atoms with van der Waals surface area (Å²) in [7, 11) is 0. The van der Waals surface area contributed by atoms with E-state index in [0.717, 1.165) is 11.4 Å². The van der Waals surface area contributed by atoms with Gasteiger partial charge < -0.3 is 4.90 Å². The molecule has 2 heterocycles. The first-order chi connectivity index (χ1) is 31.8. The van der Waals surface area contributed by atoms with E-state index in [-0.39, 0.29) is 0 Å². The summed E-state index contributed by atoms with van der Waals surface area (Å²) < 4.78 is 5.36. The molecular formula is C61H37NS2. The highest BCUT2D eigenvalue weighted by Crippen LogP contribution is 2.66. The normalized spacial score (nSPS) is 14.6. The van der Waals surface area contributed by atoms with Gasteiger partial charge in [-0.3, -0.25) is 0 Å². The van der Waals surface area contributed by atoms with Crippen molar-refractivity contribution in [1.82, 2.24) is 0 Å². The van der Waals surface area contributed by atoms with E-state index in [1.807, 2.05) is 22.7 Å². The predicted molar refractivity (Wildman–Crippen MR) is 274 cm³/mol. The van der Waals surface area contributed by atoms with Gasteiger partial charge in [0.1, 0.15) is 0 Å². The SMILES string of the molecule is c1ccc(-c2ccc(N(c3ccc(-c4cccc5c4sc4ccccc45)cc3)c3cccc4c3-c3ccccc3C43c4ccccc4-c4c3ccc3c4sc4ccccc43)cc2)cc1. The molecule has 0 fully saturated rings. The van der Waals surface area contributed by atoms with Crippen LogP contribution < -0.4 is 4.90 Å². The van der Waals surface area contributed by atoms with Gasteiger partial charge in [-0.2, -0.15) is 0 Å². The highest BCUT2D eigenvalue weighted by molar-refractivity contribution is 7.26. The lowest BCUT2D eigenvalue weighted by Crippen LogP contribution is -2.26. The first-order valence-corrected chi connectivity index (χ1v) is 23.6. The molecule has 0 aliphatic heterocycles. The van der Waals surface area contributed by atoms with Crippen molar-refractivity contribution in [3.63, 3.8) is 0 Å². The van der Waals surface area contributed by atoms with Crippen LogP contribution in [0.3, 0.4) is 0 Å². The van der Waals surface area contributed by atoms with Gasteiger partial charge in [0.2, 0.25) is 0 Å². The van der Waals surface area contributed by atoms with Crippen molar-refractivity contribution in [3.05, 3.63) is 247 Å². The first kappa shape index (κ1) is 36.0. The lowest BCUT2D eigenvalue weighted by atomic mass is 9.70. The Bertz CT molecular complexity index is 3840. The molecule has 1 atom stereocenters. The molecule has 2 aromatic heterocycles. The second-order valence-corrected chi connectivity index (χ2v) is 19.2. The summed E-state index contributed by atoms with van der Waals surface area (Å²) in [6.07, 6.45) is 0. The van der Waals surface area contributed by atoms with E-state index in [1.54, 1.807) is 0 Å². The second kappa shape index (κ2) is 13.7. The van der Waals surface area contributed by atoms with Crippen LogP contribution >= 0.6 is 22.7 Å². The summed E-state index contributed by atoms with van der Waals surface area (Å²) in [5, 5.41) is 5.31. The predicted octanol–water partition coefficient (Wildman–Crippen LogP) is 17.6. The quantitative estimate of drug-likeness (QED) is 0.167. The van der Waals surface area contributed by atoms with Gasteiger partial charge in [-0.25, -0.2) is 0 Å². The first-order valence-electron chi connectivity index (χ1n) is 22.0. The summed E-state index contributed by atoms with van der Waals surface area (Å²) in [4.78, 5) is 2.49. The van der Waals surface area contributed by atoms with Crippen molar-refractivity contribution >= 4 is 80.1 Å². The van der Waals surface area contributed by atoms with Crippen LogP contribution in [0.5, 0.6) is 0 Å². The molecule has 10 aromatic carbocycles. The van der Waals surface area contributed by atoms with Gasteiger partial charge >= 0.3 is 0 Å². The fraction of sp³-hybridized carbons (Fsp3) is 0.0164. The summed E-state index contributed by atoms with van der Waals surface area (Å²) in [6, 6.07) is 83.8. The Morgan fingerprint density at radius 3 is 1.48 bits per heavy atom. The number of benzene rings is 10. The monoisotopic (exact) mass is 847 g/mol. The molecular weight excluding hydrogens is 811 g/mol. The maximum atomic E-state index is 2.49. The Kier molecular flexibility index (Phi) is 7.71. The van der Waals surface area contributed by atoms with E-state index in [9.17, 15) is 0 Å². The minimum Gasteiger partial charge on any atom is -0.310 e. The average Bonchev–Trinajstić information content (AvgIpc) is 4.10. The topological polar surface area (TPSA) is 3.24 Å². The molecule has 298 valence electrons. The van der Waals surface area contributed by atoms with Gasteiger partial charge in [0.05, 0.1) is 11.1 Å². The molecule has 1 spiro atoms. The van der Waals surface area contributed by atoms with E-state index in [1.165, 1.54) is 113 Å². The molecule has 3 heteroatoms. The molecule has 12 aromatic rings. The van der Waals surface area contributed by atoms with Gasteiger partial charge in [-0.05, 0) is 98.1 Å². The lowest BCUT2D eigenvalue weighted by Gasteiger charge is -2.32.